The first-order valence-electron chi connectivity index (χ1n) is 9.04. The number of benzene rings is 1. The Labute approximate surface area is 182 Å². The summed E-state index contributed by atoms with van der Waals surface area (Å²) in [7, 11) is 0. The Kier molecular flexibility index (Phi) is 5.88. The molecule has 30 heavy (non-hydrogen) atoms. The van der Waals surface area contributed by atoms with E-state index in [0.29, 0.717) is 28.5 Å². The molecule has 0 saturated carbocycles. The maximum Gasteiger partial charge on any atom is 0.267 e. The third-order valence-electron chi connectivity index (χ3n) is 4.42. The fourth-order valence-electron chi connectivity index (χ4n) is 2.95. The zero-order valence-corrected chi connectivity index (χ0v) is 17.0. The molecule has 0 atom stereocenters. The van der Waals surface area contributed by atoms with E-state index in [1.54, 1.807) is 30.3 Å². The lowest BCUT2D eigenvalue weighted by atomic mass is 10.0. The van der Waals surface area contributed by atoms with Gasteiger partial charge in [-0.2, -0.15) is 0 Å². The summed E-state index contributed by atoms with van der Waals surface area (Å²) < 4.78 is 25.4. The summed E-state index contributed by atoms with van der Waals surface area (Å²) in [5, 5.41) is 0.753. The van der Waals surface area contributed by atoms with Crippen LogP contribution < -0.4 is 4.74 Å². The maximum absolute atomic E-state index is 14.2. The van der Waals surface area contributed by atoms with E-state index in [4.69, 9.17) is 32.7 Å². The van der Waals surface area contributed by atoms with Gasteiger partial charge in [0.15, 0.2) is 0 Å². The molecular weight excluding hydrogens is 430 g/mol. The number of rotatable bonds is 4. The highest BCUT2D eigenvalue weighted by Gasteiger charge is 2.24. The largest absolute Gasteiger partial charge is 0.462 e. The van der Waals surface area contributed by atoms with Crippen LogP contribution in [0.25, 0.3) is 0 Å². The lowest BCUT2D eigenvalue weighted by Gasteiger charge is -2.22. The number of carbonyl (C=O) groups excluding carboxylic acids is 1. The quantitative estimate of drug-likeness (QED) is 0.536. The Balaban J connectivity index is 1.64. The fourth-order valence-corrected chi connectivity index (χ4v) is 3.27. The molecule has 4 rings (SSSR count). The maximum atomic E-state index is 14.2. The van der Waals surface area contributed by atoms with Crippen molar-refractivity contribution < 1.29 is 18.7 Å². The zero-order chi connectivity index (χ0) is 21.1. The highest BCUT2D eigenvalue weighted by molar-refractivity contribution is 6.34. The second kappa shape index (κ2) is 8.73. The van der Waals surface area contributed by atoms with Crippen LogP contribution in [0.2, 0.25) is 10.0 Å². The molecule has 5 nitrogen and oxygen atoms in total. The average Bonchev–Trinajstić information content (AvgIpc) is 2.76. The van der Waals surface area contributed by atoms with Crippen molar-refractivity contribution in [3.05, 3.63) is 100 Å². The molecule has 0 unspecified atom stereocenters. The van der Waals surface area contributed by atoms with Gasteiger partial charge in [-0.25, -0.2) is 9.37 Å². The van der Waals surface area contributed by atoms with Crippen LogP contribution in [-0.2, 0) is 4.74 Å². The van der Waals surface area contributed by atoms with Gasteiger partial charge in [0.1, 0.15) is 29.2 Å². The molecule has 1 aromatic heterocycles. The van der Waals surface area contributed by atoms with E-state index in [0.717, 1.165) is 0 Å². The van der Waals surface area contributed by atoms with Gasteiger partial charge in [0, 0.05) is 29.1 Å². The van der Waals surface area contributed by atoms with Crippen LogP contribution in [0.5, 0.6) is 11.6 Å². The number of hydrogen-bond acceptors (Lipinski definition) is 4. The van der Waals surface area contributed by atoms with Gasteiger partial charge in [0.2, 0.25) is 5.88 Å². The number of ether oxygens (including phenoxy) is 2. The molecule has 1 aliphatic carbocycles. The predicted octanol–water partition coefficient (Wildman–Crippen LogP) is 6.54. The third-order valence-corrected chi connectivity index (χ3v) is 4.97. The van der Waals surface area contributed by atoms with E-state index < -0.39 is 5.91 Å². The van der Waals surface area contributed by atoms with Gasteiger partial charge in [-0.3, -0.25) is 9.69 Å². The van der Waals surface area contributed by atoms with Crippen LogP contribution in [-0.4, -0.2) is 15.8 Å². The first kappa shape index (κ1) is 20.2. The SMILES string of the molecule is O=C(c1cccnc1Oc1cc(Cl)ccc1Cl)N1C=COC(C2=C(F)C=CCC2)=C1. The standard InChI is InChI=1S/C22H15Cl2FN2O3/c23-14-7-8-17(24)19(12-14)30-21-16(5-3-9-26-21)22(28)27-10-11-29-20(13-27)15-4-1-2-6-18(15)25/h2-3,5-13H,1,4H2. The Morgan fingerprint density at radius 3 is 2.97 bits per heavy atom. The summed E-state index contributed by atoms with van der Waals surface area (Å²) in [5.41, 5.74) is 0.599. The Morgan fingerprint density at radius 1 is 1.27 bits per heavy atom. The molecule has 1 aromatic carbocycles. The smallest absolute Gasteiger partial charge is 0.267 e. The summed E-state index contributed by atoms with van der Waals surface area (Å²) in [6.45, 7) is 0. The molecule has 152 valence electrons. The van der Waals surface area contributed by atoms with Gasteiger partial charge in [0.05, 0.1) is 11.2 Å². The normalized spacial score (nSPS) is 15.7. The van der Waals surface area contributed by atoms with E-state index >= 15 is 0 Å². The van der Waals surface area contributed by atoms with Crippen molar-refractivity contribution in [2.24, 2.45) is 0 Å². The molecule has 0 radical (unpaired) electrons. The molecule has 0 bridgehead atoms. The molecular formula is C22H15Cl2FN2O3. The van der Waals surface area contributed by atoms with Crippen LogP contribution in [0.15, 0.2) is 84.5 Å². The highest BCUT2D eigenvalue weighted by atomic mass is 35.5. The first-order valence-corrected chi connectivity index (χ1v) is 9.80. The van der Waals surface area contributed by atoms with Crippen molar-refractivity contribution in [2.45, 2.75) is 12.8 Å². The summed E-state index contributed by atoms with van der Waals surface area (Å²) in [6, 6.07) is 7.93. The van der Waals surface area contributed by atoms with Gasteiger partial charge in [0.25, 0.3) is 5.91 Å². The van der Waals surface area contributed by atoms with Gasteiger partial charge in [-0.15, -0.1) is 0 Å². The molecule has 8 heteroatoms. The minimum Gasteiger partial charge on any atom is -0.462 e. The van der Waals surface area contributed by atoms with Crippen LogP contribution in [0, 0.1) is 0 Å². The lowest BCUT2D eigenvalue weighted by molar-refractivity contribution is 0.0852. The van der Waals surface area contributed by atoms with E-state index in [1.165, 1.54) is 41.9 Å². The summed E-state index contributed by atoms with van der Waals surface area (Å²) in [5.74, 6) is -0.201. The summed E-state index contributed by atoms with van der Waals surface area (Å²) in [4.78, 5) is 18.6. The molecule has 0 N–H and O–H groups in total. The second-order valence-corrected chi connectivity index (χ2v) is 7.25. The minimum absolute atomic E-state index is 0.0625. The minimum atomic E-state index is -0.430. The Morgan fingerprint density at radius 2 is 2.13 bits per heavy atom. The molecule has 2 heterocycles. The number of amides is 1. The van der Waals surface area contributed by atoms with Gasteiger partial charge < -0.3 is 9.47 Å². The monoisotopic (exact) mass is 444 g/mol. The molecule has 2 aromatic rings. The van der Waals surface area contributed by atoms with E-state index in [1.807, 2.05) is 0 Å². The number of halogens is 3. The van der Waals surface area contributed by atoms with Crippen molar-refractivity contribution in [1.82, 2.24) is 9.88 Å². The van der Waals surface area contributed by atoms with Crippen LogP contribution in [0.3, 0.4) is 0 Å². The average molecular weight is 445 g/mol. The van der Waals surface area contributed by atoms with Crippen molar-refractivity contribution in [3.8, 4) is 11.6 Å². The number of hydrogen-bond donors (Lipinski definition) is 0. The number of aromatic nitrogens is 1. The molecule has 0 fully saturated rings. The van der Waals surface area contributed by atoms with Crippen LogP contribution in [0.4, 0.5) is 4.39 Å². The zero-order valence-electron chi connectivity index (χ0n) is 15.5. The first-order chi connectivity index (χ1) is 14.5. The number of allylic oxidation sites excluding steroid dienone is 4. The van der Waals surface area contributed by atoms with Gasteiger partial charge in [-0.1, -0.05) is 29.3 Å². The third kappa shape index (κ3) is 4.25. The molecule has 2 aliphatic rings. The number of carbonyl (C=O) groups is 1. The topological polar surface area (TPSA) is 51.7 Å². The predicted molar refractivity (Wildman–Crippen MR) is 112 cm³/mol. The fraction of sp³-hybridized carbons (Fsp3) is 0.0909. The van der Waals surface area contributed by atoms with Gasteiger partial charge in [-0.05, 0) is 43.2 Å². The second-order valence-electron chi connectivity index (χ2n) is 6.41. The van der Waals surface area contributed by atoms with E-state index in [-0.39, 0.29) is 28.8 Å². The molecule has 1 amide bonds. The molecule has 1 aliphatic heterocycles. The van der Waals surface area contributed by atoms with Crippen molar-refractivity contribution >= 4 is 29.1 Å². The van der Waals surface area contributed by atoms with Crippen molar-refractivity contribution in [1.29, 1.82) is 0 Å². The number of nitrogens with zero attached hydrogens (tertiary/aromatic N) is 2. The molecule has 0 spiro atoms. The van der Waals surface area contributed by atoms with E-state index in [9.17, 15) is 9.18 Å². The van der Waals surface area contributed by atoms with Crippen molar-refractivity contribution in [2.75, 3.05) is 0 Å². The molecule has 0 saturated heterocycles. The van der Waals surface area contributed by atoms with E-state index in [2.05, 4.69) is 4.98 Å². The van der Waals surface area contributed by atoms with Gasteiger partial charge >= 0.3 is 0 Å². The number of pyridine rings is 1. The summed E-state index contributed by atoms with van der Waals surface area (Å²) >= 11 is 12.2. The van der Waals surface area contributed by atoms with Crippen LogP contribution in [0.1, 0.15) is 23.2 Å². The lowest BCUT2D eigenvalue weighted by Crippen LogP contribution is -2.24. The van der Waals surface area contributed by atoms with Crippen molar-refractivity contribution in [3.63, 3.8) is 0 Å². The Hall–Kier alpha value is -3.09. The van der Waals surface area contributed by atoms with Crippen LogP contribution >= 0.6 is 23.2 Å². The summed E-state index contributed by atoms with van der Waals surface area (Å²) in [6.07, 6.45) is 10.0. The highest BCUT2D eigenvalue weighted by Crippen LogP contribution is 2.34. The Bertz CT molecular complexity index is 1130.